The summed E-state index contributed by atoms with van der Waals surface area (Å²) < 4.78 is 0. The van der Waals surface area contributed by atoms with Gasteiger partial charge in [-0.2, -0.15) is 5.10 Å². The number of nitrogens with zero attached hydrogens (tertiary/aromatic N) is 1. The Kier molecular flexibility index (Phi) is 1.95. The van der Waals surface area contributed by atoms with Crippen molar-refractivity contribution in [3.63, 3.8) is 0 Å². The zero-order chi connectivity index (χ0) is 10.1. The van der Waals surface area contributed by atoms with Crippen LogP contribution in [-0.4, -0.2) is 10.2 Å². The molecular formula is C12H13N3. The molecule has 1 aliphatic rings. The van der Waals surface area contributed by atoms with E-state index in [0.29, 0.717) is 6.04 Å². The highest BCUT2D eigenvalue weighted by atomic mass is 15.1. The van der Waals surface area contributed by atoms with Gasteiger partial charge in [0.2, 0.25) is 0 Å². The fourth-order valence-electron chi connectivity index (χ4n) is 2.14. The van der Waals surface area contributed by atoms with E-state index < -0.39 is 0 Å². The average Bonchev–Trinajstić information content (AvgIpc) is 2.82. The summed E-state index contributed by atoms with van der Waals surface area (Å²) in [4.78, 5) is 0. The van der Waals surface area contributed by atoms with Gasteiger partial charge < -0.3 is 5.32 Å². The second-order valence-corrected chi connectivity index (χ2v) is 3.92. The van der Waals surface area contributed by atoms with E-state index in [4.69, 9.17) is 0 Å². The van der Waals surface area contributed by atoms with Gasteiger partial charge in [0.25, 0.3) is 0 Å². The van der Waals surface area contributed by atoms with Gasteiger partial charge in [0, 0.05) is 17.4 Å². The highest BCUT2D eigenvalue weighted by molar-refractivity contribution is 5.54. The average molecular weight is 199 g/mol. The molecule has 15 heavy (non-hydrogen) atoms. The lowest BCUT2D eigenvalue weighted by Gasteiger charge is -2.26. The standard InChI is InChI=1S/C12H13N3/c1-2-4-11-9(3-1)5-6-12(15-11)10-7-13-14-8-10/h1-4,7-8,12,15H,5-6H2,(H,13,14)/t12-/m1/s1. The van der Waals surface area contributed by atoms with Crippen LogP contribution in [0.4, 0.5) is 5.69 Å². The molecule has 0 fully saturated rings. The minimum Gasteiger partial charge on any atom is -0.378 e. The van der Waals surface area contributed by atoms with E-state index in [0.717, 1.165) is 12.8 Å². The van der Waals surface area contributed by atoms with Crippen molar-refractivity contribution in [1.82, 2.24) is 10.2 Å². The number of hydrogen-bond donors (Lipinski definition) is 2. The van der Waals surface area contributed by atoms with Crippen LogP contribution < -0.4 is 5.32 Å². The van der Waals surface area contributed by atoms with Crippen molar-refractivity contribution in [3.05, 3.63) is 47.8 Å². The third-order valence-electron chi connectivity index (χ3n) is 2.97. The quantitative estimate of drug-likeness (QED) is 0.740. The first-order valence-corrected chi connectivity index (χ1v) is 5.26. The van der Waals surface area contributed by atoms with E-state index in [1.807, 2.05) is 12.4 Å². The molecule has 2 aromatic rings. The number of rotatable bonds is 1. The molecule has 3 nitrogen and oxygen atoms in total. The van der Waals surface area contributed by atoms with Gasteiger partial charge in [-0.25, -0.2) is 0 Å². The summed E-state index contributed by atoms with van der Waals surface area (Å²) in [5.41, 5.74) is 3.91. The summed E-state index contributed by atoms with van der Waals surface area (Å²) in [6.45, 7) is 0. The van der Waals surface area contributed by atoms with Crippen LogP contribution in [0.2, 0.25) is 0 Å². The number of hydrogen-bond acceptors (Lipinski definition) is 2. The van der Waals surface area contributed by atoms with Gasteiger partial charge in [0.1, 0.15) is 0 Å². The predicted molar refractivity (Wildman–Crippen MR) is 59.7 cm³/mol. The Labute approximate surface area is 88.5 Å². The fraction of sp³-hybridized carbons (Fsp3) is 0.250. The number of aromatic nitrogens is 2. The summed E-state index contributed by atoms with van der Waals surface area (Å²) in [6.07, 6.45) is 6.13. The number of para-hydroxylation sites is 1. The molecule has 0 bridgehead atoms. The Morgan fingerprint density at radius 3 is 3.07 bits per heavy atom. The molecule has 0 radical (unpaired) electrons. The van der Waals surface area contributed by atoms with E-state index >= 15 is 0 Å². The molecule has 1 aromatic carbocycles. The number of anilines is 1. The van der Waals surface area contributed by atoms with Crippen LogP contribution in [0.15, 0.2) is 36.7 Å². The minimum absolute atomic E-state index is 0.402. The molecule has 0 saturated heterocycles. The van der Waals surface area contributed by atoms with Gasteiger partial charge in [-0.1, -0.05) is 18.2 Å². The first-order valence-electron chi connectivity index (χ1n) is 5.26. The van der Waals surface area contributed by atoms with Gasteiger partial charge in [0.05, 0.1) is 12.2 Å². The Balaban J connectivity index is 1.89. The lowest BCUT2D eigenvalue weighted by Crippen LogP contribution is -2.17. The zero-order valence-corrected chi connectivity index (χ0v) is 8.40. The maximum Gasteiger partial charge on any atom is 0.0548 e. The summed E-state index contributed by atoms with van der Waals surface area (Å²) in [5, 5.41) is 10.4. The molecule has 76 valence electrons. The molecule has 3 rings (SSSR count). The molecule has 0 spiro atoms. The molecule has 2 heterocycles. The van der Waals surface area contributed by atoms with Gasteiger partial charge >= 0.3 is 0 Å². The van der Waals surface area contributed by atoms with Crippen molar-refractivity contribution in [2.75, 3.05) is 5.32 Å². The van der Waals surface area contributed by atoms with Gasteiger partial charge in [-0.3, -0.25) is 5.10 Å². The third-order valence-corrected chi connectivity index (χ3v) is 2.97. The first-order chi connectivity index (χ1) is 7.43. The second kappa shape index (κ2) is 3.42. The van der Waals surface area contributed by atoms with Crippen LogP contribution in [-0.2, 0) is 6.42 Å². The van der Waals surface area contributed by atoms with Gasteiger partial charge in [0.15, 0.2) is 0 Å². The number of fused-ring (bicyclic) bond motifs is 1. The number of nitrogens with one attached hydrogen (secondary N) is 2. The van der Waals surface area contributed by atoms with Crippen molar-refractivity contribution in [2.24, 2.45) is 0 Å². The van der Waals surface area contributed by atoms with Crippen molar-refractivity contribution in [2.45, 2.75) is 18.9 Å². The summed E-state index contributed by atoms with van der Waals surface area (Å²) >= 11 is 0. The van der Waals surface area contributed by atoms with Crippen LogP contribution in [0, 0.1) is 0 Å². The smallest absolute Gasteiger partial charge is 0.0548 e. The van der Waals surface area contributed by atoms with E-state index in [1.165, 1.54) is 16.8 Å². The Morgan fingerprint density at radius 1 is 1.27 bits per heavy atom. The molecule has 1 aliphatic heterocycles. The van der Waals surface area contributed by atoms with E-state index in [1.54, 1.807) is 0 Å². The molecule has 0 saturated carbocycles. The molecule has 0 aliphatic carbocycles. The molecule has 0 amide bonds. The van der Waals surface area contributed by atoms with Crippen molar-refractivity contribution < 1.29 is 0 Å². The van der Waals surface area contributed by atoms with Crippen LogP contribution in [0.1, 0.15) is 23.6 Å². The maximum absolute atomic E-state index is 3.99. The molecule has 1 atom stereocenters. The Hall–Kier alpha value is -1.77. The van der Waals surface area contributed by atoms with Crippen LogP contribution in [0.25, 0.3) is 0 Å². The topological polar surface area (TPSA) is 40.7 Å². The highest BCUT2D eigenvalue weighted by Crippen LogP contribution is 2.31. The van der Waals surface area contributed by atoms with E-state index in [-0.39, 0.29) is 0 Å². The number of H-pyrrole nitrogens is 1. The van der Waals surface area contributed by atoms with E-state index in [9.17, 15) is 0 Å². The van der Waals surface area contributed by atoms with Crippen molar-refractivity contribution in [3.8, 4) is 0 Å². The summed E-state index contributed by atoms with van der Waals surface area (Å²) in [5.74, 6) is 0. The summed E-state index contributed by atoms with van der Waals surface area (Å²) in [7, 11) is 0. The Morgan fingerprint density at radius 2 is 2.20 bits per heavy atom. The lowest BCUT2D eigenvalue weighted by molar-refractivity contribution is 0.668. The zero-order valence-electron chi connectivity index (χ0n) is 8.40. The largest absolute Gasteiger partial charge is 0.378 e. The van der Waals surface area contributed by atoms with Crippen LogP contribution >= 0.6 is 0 Å². The van der Waals surface area contributed by atoms with Crippen LogP contribution in [0.3, 0.4) is 0 Å². The molecule has 1 aromatic heterocycles. The number of aromatic amines is 1. The third kappa shape index (κ3) is 1.50. The van der Waals surface area contributed by atoms with Crippen molar-refractivity contribution in [1.29, 1.82) is 0 Å². The molecule has 3 heteroatoms. The van der Waals surface area contributed by atoms with Crippen molar-refractivity contribution >= 4 is 5.69 Å². The second-order valence-electron chi connectivity index (χ2n) is 3.92. The SMILES string of the molecule is c1ccc2c(c1)CC[C@H](c1cn[nH]c1)N2. The van der Waals surface area contributed by atoms with Crippen LogP contribution in [0.5, 0.6) is 0 Å². The minimum atomic E-state index is 0.402. The highest BCUT2D eigenvalue weighted by Gasteiger charge is 2.18. The maximum atomic E-state index is 3.99. The van der Waals surface area contributed by atoms with Gasteiger partial charge in [-0.05, 0) is 24.5 Å². The van der Waals surface area contributed by atoms with Gasteiger partial charge in [-0.15, -0.1) is 0 Å². The predicted octanol–water partition coefficient (Wildman–Crippen LogP) is 2.51. The monoisotopic (exact) mass is 199 g/mol. The Bertz CT molecular complexity index is 448. The molecule has 2 N–H and O–H groups in total. The fourth-order valence-corrected chi connectivity index (χ4v) is 2.14. The first kappa shape index (κ1) is 8.53. The molecular weight excluding hydrogens is 186 g/mol. The summed E-state index contributed by atoms with van der Waals surface area (Å²) in [6, 6.07) is 8.90. The lowest BCUT2D eigenvalue weighted by atomic mass is 9.95. The number of benzene rings is 1. The molecule has 0 unspecified atom stereocenters. The normalized spacial score (nSPS) is 19.3. The number of aryl methyl sites for hydroxylation is 1. The van der Waals surface area contributed by atoms with E-state index in [2.05, 4.69) is 39.8 Å².